The summed E-state index contributed by atoms with van der Waals surface area (Å²) in [5.74, 6) is 0.192. The number of benzene rings is 2. The van der Waals surface area contributed by atoms with E-state index in [4.69, 9.17) is 16.3 Å². The molecule has 2 heterocycles. The first-order valence-electron chi connectivity index (χ1n) is 8.48. The van der Waals surface area contributed by atoms with Gasteiger partial charge in [-0.25, -0.2) is 9.38 Å². The van der Waals surface area contributed by atoms with E-state index in [-0.39, 0.29) is 16.3 Å². The Morgan fingerprint density at radius 3 is 2.74 bits per heavy atom. The van der Waals surface area contributed by atoms with Gasteiger partial charge in [0.05, 0.1) is 27.2 Å². The van der Waals surface area contributed by atoms with Crippen LogP contribution in [0.15, 0.2) is 29.1 Å². The van der Waals surface area contributed by atoms with E-state index in [0.29, 0.717) is 27.4 Å². The molecule has 0 bridgehead atoms. The lowest BCUT2D eigenvalue weighted by molar-refractivity contribution is 0.318. The van der Waals surface area contributed by atoms with E-state index in [9.17, 15) is 9.90 Å². The number of rotatable bonds is 3. The van der Waals surface area contributed by atoms with E-state index < -0.39 is 0 Å². The largest absolute Gasteiger partial charge is 0.503 e. The topological polar surface area (TPSA) is 63.8 Å². The third-order valence-corrected chi connectivity index (χ3v) is 5.76. The number of halogens is 1. The number of ether oxygens (including phenoxy) is 1. The normalized spacial score (nSPS) is 12.4. The van der Waals surface area contributed by atoms with E-state index in [1.807, 2.05) is 32.9 Å². The summed E-state index contributed by atoms with van der Waals surface area (Å²) in [5.41, 5.74) is 4.45. The minimum Gasteiger partial charge on any atom is -0.503 e. The second-order valence-electron chi connectivity index (χ2n) is 6.35. The van der Waals surface area contributed by atoms with Crippen molar-refractivity contribution in [1.29, 1.82) is 0 Å². The summed E-state index contributed by atoms with van der Waals surface area (Å²) in [6.45, 7) is 6.27. The molecule has 1 N–H and O–H groups in total. The lowest BCUT2D eigenvalue weighted by Gasteiger charge is -2.08. The number of imidazole rings is 1. The molecular formula is C20H17ClN2O3S. The molecule has 0 aliphatic heterocycles. The molecule has 0 saturated heterocycles. The molecule has 0 aliphatic carbocycles. The SMILES string of the molecule is CCOc1cc(C=c2sc3nc4cc(C)c(C)cc4n3c2=O)cc(Cl)c1O. The van der Waals surface area contributed by atoms with Gasteiger partial charge in [0.15, 0.2) is 16.5 Å². The molecule has 4 aromatic rings. The van der Waals surface area contributed by atoms with E-state index in [1.165, 1.54) is 11.3 Å². The first-order valence-corrected chi connectivity index (χ1v) is 9.67. The lowest BCUT2D eigenvalue weighted by atomic mass is 10.1. The Morgan fingerprint density at radius 2 is 2.00 bits per heavy atom. The Hall–Kier alpha value is -2.57. The van der Waals surface area contributed by atoms with Crippen molar-refractivity contribution in [3.8, 4) is 11.5 Å². The van der Waals surface area contributed by atoms with Gasteiger partial charge in [-0.3, -0.25) is 4.79 Å². The number of nitrogens with zero attached hydrogens (tertiary/aromatic N) is 2. The highest BCUT2D eigenvalue weighted by Crippen LogP contribution is 2.35. The van der Waals surface area contributed by atoms with Crippen molar-refractivity contribution in [2.45, 2.75) is 20.8 Å². The maximum Gasteiger partial charge on any atom is 0.274 e. The Balaban J connectivity index is 1.93. The van der Waals surface area contributed by atoms with Gasteiger partial charge in [0.1, 0.15) is 0 Å². The molecule has 138 valence electrons. The molecule has 0 fully saturated rings. The zero-order valence-electron chi connectivity index (χ0n) is 15.0. The standard InChI is InChI=1S/C20H17ClN2O3S/c1-4-26-16-8-12(7-13(21)18(16)24)9-17-19(25)23-15-6-11(3)10(2)5-14(15)22-20(23)27-17/h5-9,24H,4H2,1-3H3. The highest BCUT2D eigenvalue weighted by atomic mass is 35.5. The van der Waals surface area contributed by atoms with Crippen LogP contribution in [0.25, 0.3) is 22.1 Å². The number of phenolic OH excluding ortho intramolecular Hbond substituents is 1. The zero-order chi connectivity index (χ0) is 19.3. The highest BCUT2D eigenvalue weighted by molar-refractivity contribution is 7.15. The van der Waals surface area contributed by atoms with Crippen LogP contribution in [-0.2, 0) is 0 Å². The van der Waals surface area contributed by atoms with Crippen molar-refractivity contribution in [3.63, 3.8) is 0 Å². The first kappa shape index (κ1) is 17.8. The van der Waals surface area contributed by atoms with Gasteiger partial charge in [0, 0.05) is 0 Å². The van der Waals surface area contributed by atoms with Crippen LogP contribution in [0, 0.1) is 13.8 Å². The molecule has 0 spiro atoms. The van der Waals surface area contributed by atoms with Crippen molar-refractivity contribution in [1.82, 2.24) is 9.38 Å². The third-order valence-electron chi connectivity index (χ3n) is 4.50. The lowest BCUT2D eigenvalue weighted by Crippen LogP contribution is -2.22. The first-order chi connectivity index (χ1) is 12.9. The van der Waals surface area contributed by atoms with Gasteiger partial charge in [-0.1, -0.05) is 22.9 Å². The molecule has 2 aromatic carbocycles. The quantitative estimate of drug-likeness (QED) is 0.567. The third kappa shape index (κ3) is 2.95. The average Bonchev–Trinajstić information content (AvgIpc) is 3.10. The maximum absolute atomic E-state index is 13.0. The van der Waals surface area contributed by atoms with Gasteiger partial charge in [-0.15, -0.1) is 0 Å². The van der Waals surface area contributed by atoms with Gasteiger partial charge >= 0.3 is 0 Å². The second kappa shape index (κ2) is 6.55. The van der Waals surface area contributed by atoms with Crippen molar-refractivity contribution >= 4 is 45.0 Å². The Bertz CT molecular complexity index is 1310. The summed E-state index contributed by atoms with van der Waals surface area (Å²) in [6, 6.07) is 7.26. The molecule has 4 rings (SSSR count). The second-order valence-corrected chi connectivity index (χ2v) is 7.77. The molecule has 0 atom stereocenters. The summed E-state index contributed by atoms with van der Waals surface area (Å²) in [6.07, 6.45) is 1.74. The van der Waals surface area contributed by atoms with Crippen LogP contribution in [0.5, 0.6) is 11.5 Å². The van der Waals surface area contributed by atoms with Crippen LogP contribution in [0.2, 0.25) is 5.02 Å². The van der Waals surface area contributed by atoms with E-state index >= 15 is 0 Å². The van der Waals surface area contributed by atoms with Crippen LogP contribution < -0.4 is 14.8 Å². The highest BCUT2D eigenvalue weighted by Gasteiger charge is 2.13. The fourth-order valence-corrected chi connectivity index (χ4v) is 4.22. The molecule has 0 radical (unpaired) electrons. The average molecular weight is 401 g/mol. The van der Waals surface area contributed by atoms with Crippen molar-refractivity contribution in [3.05, 3.63) is 60.9 Å². The molecule has 0 saturated carbocycles. The van der Waals surface area contributed by atoms with E-state index in [0.717, 1.165) is 22.2 Å². The van der Waals surface area contributed by atoms with Crippen LogP contribution in [0.3, 0.4) is 0 Å². The summed E-state index contributed by atoms with van der Waals surface area (Å²) in [7, 11) is 0. The summed E-state index contributed by atoms with van der Waals surface area (Å²) < 4.78 is 7.59. The Labute approximate surface area is 164 Å². The van der Waals surface area contributed by atoms with Gasteiger partial charge in [0.2, 0.25) is 0 Å². The molecule has 0 unspecified atom stereocenters. The zero-order valence-corrected chi connectivity index (χ0v) is 16.6. The predicted molar refractivity (Wildman–Crippen MR) is 109 cm³/mol. The van der Waals surface area contributed by atoms with Gasteiger partial charge < -0.3 is 9.84 Å². The summed E-state index contributed by atoms with van der Waals surface area (Å²) >= 11 is 7.41. The molecule has 0 aliphatic rings. The van der Waals surface area contributed by atoms with E-state index in [2.05, 4.69) is 4.98 Å². The summed E-state index contributed by atoms with van der Waals surface area (Å²) in [5, 5.41) is 10.2. The van der Waals surface area contributed by atoms with Gasteiger partial charge in [0.25, 0.3) is 5.56 Å². The number of fused-ring (bicyclic) bond motifs is 3. The maximum atomic E-state index is 13.0. The Morgan fingerprint density at radius 1 is 1.26 bits per heavy atom. The van der Waals surface area contributed by atoms with Crippen LogP contribution in [0.4, 0.5) is 0 Å². The van der Waals surface area contributed by atoms with Crippen molar-refractivity contribution in [2.75, 3.05) is 6.61 Å². The number of phenols is 1. The number of thiazole rings is 1. The van der Waals surface area contributed by atoms with Crippen LogP contribution in [0.1, 0.15) is 23.6 Å². The minimum absolute atomic E-state index is 0.101. The van der Waals surface area contributed by atoms with E-state index in [1.54, 1.807) is 22.6 Å². The molecule has 2 aromatic heterocycles. The van der Waals surface area contributed by atoms with Gasteiger partial charge in [-0.2, -0.15) is 0 Å². The van der Waals surface area contributed by atoms with Gasteiger partial charge in [-0.05, 0) is 67.8 Å². The number of aryl methyl sites for hydroxylation is 2. The smallest absolute Gasteiger partial charge is 0.274 e. The van der Waals surface area contributed by atoms with Crippen molar-refractivity contribution < 1.29 is 9.84 Å². The van der Waals surface area contributed by atoms with Crippen LogP contribution >= 0.6 is 22.9 Å². The molecule has 5 nitrogen and oxygen atoms in total. The van der Waals surface area contributed by atoms with Crippen molar-refractivity contribution in [2.24, 2.45) is 0 Å². The number of aromatic nitrogens is 2. The molecule has 7 heteroatoms. The predicted octanol–water partition coefficient (Wildman–Crippen LogP) is 3.83. The monoisotopic (exact) mass is 400 g/mol. The fraction of sp³-hybridized carbons (Fsp3) is 0.200. The number of aromatic hydroxyl groups is 1. The van der Waals surface area contributed by atoms with Crippen LogP contribution in [-0.4, -0.2) is 21.1 Å². The molecular weight excluding hydrogens is 384 g/mol. The fourth-order valence-electron chi connectivity index (χ4n) is 3.01. The Kier molecular flexibility index (Phi) is 4.32. The minimum atomic E-state index is -0.122. The molecule has 0 amide bonds. The number of hydrogen-bond donors (Lipinski definition) is 1. The molecule has 27 heavy (non-hydrogen) atoms. The summed E-state index contributed by atoms with van der Waals surface area (Å²) in [4.78, 5) is 18.2. The number of hydrogen-bond acceptors (Lipinski definition) is 5.